The molecule has 0 aliphatic carbocycles. The summed E-state index contributed by atoms with van der Waals surface area (Å²) in [6, 6.07) is -1.54. The van der Waals surface area contributed by atoms with Crippen LogP contribution in [0, 0.1) is 0 Å². The largest absolute Gasteiger partial charge is 0.480 e. The van der Waals surface area contributed by atoms with Crippen molar-refractivity contribution in [3.63, 3.8) is 0 Å². The molecule has 3 unspecified atom stereocenters. The number of allylic oxidation sites excluding steroid dienone is 11. The van der Waals surface area contributed by atoms with Crippen LogP contribution in [-0.4, -0.2) is 72.1 Å². The molecule has 0 radical (unpaired) electrons. The Morgan fingerprint density at radius 3 is 1.78 bits per heavy atom. The fraction of sp³-hybridized carbons (Fsp3) is 0.674. The van der Waals surface area contributed by atoms with Gasteiger partial charge in [0.05, 0.1) is 25.4 Å². The van der Waals surface area contributed by atoms with Crippen molar-refractivity contribution in [2.75, 3.05) is 19.8 Å². The topological polar surface area (TPSA) is 184 Å². The van der Waals surface area contributed by atoms with Gasteiger partial charge in [-0.15, -0.1) is 0 Å². The Bertz CT molecular complexity index is 1340. The number of esters is 2. The predicted molar refractivity (Wildman–Crippen MR) is 235 cm³/mol. The number of nitrogens with two attached hydrogens (primary N) is 1. The molecule has 0 spiro atoms. The number of aliphatic carboxylic acids is 1. The molecule has 1 aliphatic rings. The molecule has 0 saturated carbocycles. The standard InChI is InChI=1S/C46H76NO11P/c1-3-5-7-8-9-10-11-12-13-14-15-16-17-18-19-20-25-28-32-36-45(49)57-40(38-55-59(52,53)56-39-41(47)46(50)51)37-54-44(48)35-31-27-24-22-21-23-26-30-34-43-42(58-43)33-29-6-4-2/h9-10,12-13,15-16,18-19,25-26,28,30,40-43H,3-8,11,14,17,20-24,27,29,31-39,47H2,1-2H3,(H,50,51)(H,52,53)/b10-9-,13-12-,16-15-,19-18-,28-25-,30-26-/t40-,41+,42?,43?/m1/s1. The molecule has 1 saturated heterocycles. The normalized spacial score (nSPS) is 17.8. The number of ether oxygens (including phenoxy) is 3. The second-order valence-electron chi connectivity index (χ2n) is 14.9. The van der Waals surface area contributed by atoms with Gasteiger partial charge in [0.25, 0.3) is 0 Å². The number of carbonyl (C=O) groups excluding carboxylic acids is 2. The van der Waals surface area contributed by atoms with E-state index in [1.54, 1.807) is 0 Å². The molecule has 1 rings (SSSR count). The van der Waals surface area contributed by atoms with Crippen molar-refractivity contribution in [1.29, 1.82) is 0 Å². The van der Waals surface area contributed by atoms with Gasteiger partial charge < -0.3 is 29.9 Å². The molecule has 4 N–H and O–H groups in total. The monoisotopic (exact) mass is 850 g/mol. The van der Waals surface area contributed by atoms with Gasteiger partial charge >= 0.3 is 25.7 Å². The third-order valence-electron chi connectivity index (χ3n) is 9.36. The Morgan fingerprint density at radius 2 is 1.15 bits per heavy atom. The van der Waals surface area contributed by atoms with Gasteiger partial charge in [0.2, 0.25) is 0 Å². The summed E-state index contributed by atoms with van der Waals surface area (Å²) < 4.78 is 38.3. The van der Waals surface area contributed by atoms with Crippen molar-refractivity contribution in [2.24, 2.45) is 5.73 Å². The molecule has 59 heavy (non-hydrogen) atoms. The van der Waals surface area contributed by atoms with E-state index in [9.17, 15) is 23.8 Å². The molecule has 5 atom stereocenters. The van der Waals surface area contributed by atoms with Crippen molar-refractivity contribution in [3.05, 3.63) is 72.9 Å². The summed E-state index contributed by atoms with van der Waals surface area (Å²) in [7, 11) is -4.75. The highest BCUT2D eigenvalue weighted by Gasteiger charge is 2.36. The molecule has 1 fully saturated rings. The van der Waals surface area contributed by atoms with Crippen LogP contribution < -0.4 is 5.73 Å². The van der Waals surface area contributed by atoms with Crippen molar-refractivity contribution < 1.29 is 52.2 Å². The molecule has 1 aliphatic heterocycles. The van der Waals surface area contributed by atoms with Crippen LogP contribution in [0.4, 0.5) is 0 Å². The summed E-state index contributed by atoms with van der Waals surface area (Å²) in [5.74, 6) is -2.52. The number of hydrogen-bond donors (Lipinski definition) is 3. The molecule has 1 heterocycles. The lowest BCUT2D eigenvalue weighted by molar-refractivity contribution is -0.161. The Kier molecular flexibility index (Phi) is 33.5. The van der Waals surface area contributed by atoms with Crippen molar-refractivity contribution in [1.82, 2.24) is 0 Å². The van der Waals surface area contributed by atoms with Gasteiger partial charge in [0, 0.05) is 12.8 Å². The van der Waals surface area contributed by atoms with E-state index in [0.29, 0.717) is 31.5 Å². The summed E-state index contributed by atoms with van der Waals surface area (Å²) in [6.07, 6.45) is 45.8. The number of phosphoric acid groups is 1. The van der Waals surface area contributed by atoms with E-state index in [2.05, 4.69) is 73.1 Å². The third-order valence-corrected chi connectivity index (χ3v) is 10.3. The van der Waals surface area contributed by atoms with E-state index < -0.39 is 57.7 Å². The van der Waals surface area contributed by atoms with Crippen LogP contribution in [0.1, 0.15) is 155 Å². The molecule has 0 aromatic heterocycles. The van der Waals surface area contributed by atoms with Gasteiger partial charge in [0.1, 0.15) is 12.6 Å². The van der Waals surface area contributed by atoms with Crippen LogP contribution >= 0.6 is 7.82 Å². The van der Waals surface area contributed by atoms with Crippen LogP contribution in [0.3, 0.4) is 0 Å². The summed E-state index contributed by atoms with van der Waals surface area (Å²) >= 11 is 0. The minimum atomic E-state index is -4.75. The summed E-state index contributed by atoms with van der Waals surface area (Å²) in [4.78, 5) is 46.0. The Balaban J connectivity index is 2.35. The van der Waals surface area contributed by atoms with Crippen molar-refractivity contribution in [2.45, 2.75) is 179 Å². The lowest BCUT2D eigenvalue weighted by atomic mass is 10.1. The first kappa shape index (κ1) is 53.9. The maximum absolute atomic E-state index is 12.6. The maximum atomic E-state index is 12.6. The van der Waals surface area contributed by atoms with E-state index >= 15 is 0 Å². The Hall–Kier alpha value is -3.12. The summed E-state index contributed by atoms with van der Waals surface area (Å²) in [5, 5.41) is 8.89. The average Bonchev–Trinajstić information content (AvgIpc) is 3.97. The smallest absolute Gasteiger partial charge is 0.472 e. The van der Waals surface area contributed by atoms with E-state index in [1.807, 2.05) is 18.2 Å². The first-order chi connectivity index (χ1) is 28.6. The Morgan fingerprint density at radius 1 is 0.627 bits per heavy atom. The molecule has 12 nitrogen and oxygen atoms in total. The maximum Gasteiger partial charge on any atom is 0.472 e. The highest BCUT2D eigenvalue weighted by atomic mass is 31.2. The van der Waals surface area contributed by atoms with Gasteiger partial charge in [-0.05, 0) is 77.0 Å². The zero-order valence-corrected chi connectivity index (χ0v) is 36.9. The van der Waals surface area contributed by atoms with Gasteiger partial charge in [-0.25, -0.2) is 4.57 Å². The number of carbonyl (C=O) groups is 3. The van der Waals surface area contributed by atoms with Gasteiger partial charge in [0.15, 0.2) is 6.10 Å². The van der Waals surface area contributed by atoms with Crippen LogP contribution in [0.25, 0.3) is 0 Å². The lowest BCUT2D eigenvalue weighted by Crippen LogP contribution is -2.34. The number of unbranched alkanes of at least 4 members (excludes halogenated alkanes) is 10. The lowest BCUT2D eigenvalue weighted by Gasteiger charge is -2.20. The zero-order valence-electron chi connectivity index (χ0n) is 36.0. The number of epoxide rings is 1. The average molecular weight is 850 g/mol. The van der Waals surface area contributed by atoms with Crippen LogP contribution in [0.2, 0.25) is 0 Å². The third kappa shape index (κ3) is 34.3. The fourth-order valence-corrected chi connectivity index (χ4v) is 6.54. The zero-order chi connectivity index (χ0) is 43.2. The second kappa shape index (κ2) is 36.7. The van der Waals surface area contributed by atoms with Gasteiger partial charge in [-0.1, -0.05) is 138 Å². The minimum absolute atomic E-state index is 0.0284. The molecule has 13 heteroatoms. The second-order valence-corrected chi connectivity index (χ2v) is 16.3. The molecule has 336 valence electrons. The molecular formula is C46H76NO11P. The molecule has 0 bridgehead atoms. The van der Waals surface area contributed by atoms with E-state index in [-0.39, 0.29) is 12.8 Å². The Labute approximate surface area is 355 Å². The first-order valence-electron chi connectivity index (χ1n) is 22.1. The predicted octanol–water partition coefficient (Wildman–Crippen LogP) is 10.7. The van der Waals surface area contributed by atoms with E-state index in [0.717, 1.165) is 64.2 Å². The summed E-state index contributed by atoms with van der Waals surface area (Å²) in [5.41, 5.74) is 5.33. The number of phosphoric ester groups is 1. The first-order valence-corrected chi connectivity index (χ1v) is 23.6. The molecule has 0 amide bonds. The SMILES string of the molecule is CCCCC/C=C\C/C=C\C/C=C\C/C=C\C/C=C\CCC(=O)O[C@H](COC(=O)CCCCCCC/C=C\CC1OC1CCCCC)COP(=O)(O)OC[C@H](N)C(=O)O. The van der Waals surface area contributed by atoms with Gasteiger partial charge in [-0.2, -0.15) is 0 Å². The van der Waals surface area contributed by atoms with Crippen LogP contribution in [0.15, 0.2) is 72.9 Å². The number of hydrogen-bond acceptors (Lipinski definition) is 10. The highest BCUT2D eigenvalue weighted by molar-refractivity contribution is 7.47. The fourth-order valence-electron chi connectivity index (χ4n) is 5.76. The highest BCUT2D eigenvalue weighted by Crippen LogP contribution is 2.43. The van der Waals surface area contributed by atoms with Crippen LogP contribution in [0.5, 0.6) is 0 Å². The number of rotatable bonds is 39. The molecule has 0 aromatic rings. The molecular weight excluding hydrogens is 773 g/mol. The van der Waals surface area contributed by atoms with Crippen molar-refractivity contribution in [3.8, 4) is 0 Å². The molecule has 0 aromatic carbocycles. The van der Waals surface area contributed by atoms with Gasteiger partial charge in [-0.3, -0.25) is 23.4 Å². The quantitative estimate of drug-likeness (QED) is 0.0175. The minimum Gasteiger partial charge on any atom is -0.480 e. The van der Waals surface area contributed by atoms with E-state index in [1.165, 1.54) is 44.9 Å². The number of carboxylic acid groups (broad SMARTS) is 1. The number of carboxylic acids is 1. The van der Waals surface area contributed by atoms with E-state index in [4.69, 9.17) is 29.6 Å². The summed E-state index contributed by atoms with van der Waals surface area (Å²) in [6.45, 7) is 2.64. The van der Waals surface area contributed by atoms with Crippen molar-refractivity contribution >= 4 is 25.7 Å². The van der Waals surface area contributed by atoms with Crippen LogP contribution in [-0.2, 0) is 42.2 Å².